The Hall–Kier alpha value is -1.18. The second-order valence-electron chi connectivity index (χ2n) is 1.82. The molecule has 0 radical (unpaired) electrons. The first-order chi connectivity index (χ1) is 4.33. The summed E-state index contributed by atoms with van der Waals surface area (Å²) in [7, 11) is 0. The molecule has 0 fully saturated rings. The Morgan fingerprint density at radius 3 is 3.00 bits per heavy atom. The average Bonchev–Trinajstić information content (AvgIpc) is 1.88. The maximum absolute atomic E-state index is 4.96. The molecule has 0 aliphatic carbocycles. The van der Waals surface area contributed by atoms with Crippen LogP contribution in [0.25, 0.3) is 0 Å². The van der Waals surface area contributed by atoms with E-state index in [1.807, 2.05) is 19.2 Å². The van der Waals surface area contributed by atoms with Gasteiger partial charge in [0.05, 0.1) is 0 Å². The predicted molar refractivity (Wildman–Crippen MR) is 36.0 cm³/mol. The van der Waals surface area contributed by atoms with Crippen LogP contribution in [0.5, 0.6) is 0 Å². The van der Waals surface area contributed by atoms with Gasteiger partial charge in [-0.15, -0.1) is 0 Å². The molecule has 0 amide bonds. The lowest BCUT2D eigenvalue weighted by Crippen LogP contribution is -2.08. The van der Waals surface area contributed by atoms with Crippen molar-refractivity contribution in [2.75, 3.05) is 0 Å². The second-order valence-corrected chi connectivity index (χ2v) is 1.82. The van der Waals surface area contributed by atoms with E-state index >= 15 is 0 Å². The maximum Gasteiger partial charge on any atom is 0.120 e. The number of nitrogens with zero attached hydrogens (tertiary/aromatic N) is 1. The minimum atomic E-state index is 1.15. The first-order valence-corrected chi connectivity index (χ1v) is 2.75. The molecule has 9 heavy (non-hydrogen) atoms. The van der Waals surface area contributed by atoms with E-state index in [9.17, 15) is 0 Å². The summed E-state index contributed by atoms with van der Waals surface area (Å²) in [6.07, 6.45) is 6.97. The number of allylic oxidation sites excluding steroid dienone is 2. The van der Waals surface area contributed by atoms with E-state index in [0.717, 1.165) is 5.57 Å². The summed E-state index contributed by atoms with van der Waals surface area (Å²) in [4.78, 5) is 4.96. The van der Waals surface area contributed by atoms with Crippen LogP contribution in [0.4, 0.5) is 0 Å². The van der Waals surface area contributed by atoms with E-state index in [1.54, 1.807) is 17.5 Å². The highest BCUT2D eigenvalue weighted by atomic mass is 16.7. The van der Waals surface area contributed by atoms with Crippen molar-refractivity contribution in [1.82, 2.24) is 5.06 Å². The van der Waals surface area contributed by atoms with Crippen LogP contribution in [-0.4, -0.2) is 5.06 Å². The molecule has 48 valence electrons. The first kappa shape index (κ1) is 5.95. The third-order valence-electron chi connectivity index (χ3n) is 1.02. The number of hydrogen-bond donors (Lipinski definition) is 0. The van der Waals surface area contributed by atoms with Crippen molar-refractivity contribution in [3.8, 4) is 0 Å². The number of rotatable bonds is 1. The van der Waals surface area contributed by atoms with Crippen LogP contribution in [-0.2, 0) is 4.84 Å². The van der Waals surface area contributed by atoms with E-state index in [2.05, 4.69) is 6.58 Å². The molecule has 0 unspecified atom stereocenters. The zero-order valence-electron chi connectivity index (χ0n) is 5.37. The van der Waals surface area contributed by atoms with Crippen molar-refractivity contribution in [3.05, 3.63) is 36.9 Å². The van der Waals surface area contributed by atoms with Gasteiger partial charge in [0.15, 0.2) is 0 Å². The van der Waals surface area contributed by atoms with Crippen molar-refractivity contribution in [2.24, 2.45) is 0 Å². The molecule has 2 heteroatoms. The quantitative estimate of drug-likeness (QED) is 0.527. The molecule has 0 aromatic heterocycles. The Bertz CT molecular complexity index is 170. The summed E-state index contributed by atoms with van der Waals surface area (Å²) in [5.74, 6) is 0. The van der Waals surface area contributed by atoms with E-state index in [4.69, 9.17) is 4.84 Å². The molecule has 1 aliphatic rings. The monoisotopic (exact) mass is 123 g/mol. The molecule has 1 rings (SSSR count). The molecule has 0 saturated carbocycles. The molecule has 1 heterocycles. The van der Waals surface area contributed by atoms with Gasteiger partial charge in [-0.2, -0.15) is 5.06 Å². The molecule has 0 spiro atoms. The lowest BCUT2D eigenvalue weighted by molar-refractivity contribution is -0.0127. The first-order valence-electron chi connectivity index (χ1n) is 2.75. The van der Waals surface area contributed by atoms with Gasteiger partial charge < -0.3 is 4.84 Å². The molecule has 1 aliphatic heterocycles. The molecule has 0 aromatic carbocycles. The minimum absolute atomic E-state index is 1.15. The van der Waals surface area contributed by atoms with Crippen LogP contribution in [0.2, 0.25) is 0 Å². The van der Waals surface area contributed by atoms with Gasteiger partial charge in [-0.25, -0.2) is 0 Å². The van der Waals surface area contributed by atoms with E-state index in [-0.39, 0.29) is 0 Å². The molecule has 0 bridgehead atoms. The van der Waals surface area contributed by atoms with Gasteiger partial charge in [0.25, 0.3) is 0 Å². The van der Waals surface area contributed by atoms with Crippen molar-refractivity contribution in [2.45, 2.75) is 6.92 Å². The van der Waals surface area contributed by atoms with Gasteiger partial charge in [0.1, 0.15) is 6.26 Å². The van der Waals surface area contributed by atoms with Gasteiger partial charge >= 0.3 is 0 Å². The Kier molecular flexibility index (Phi) is 1.58. The van der Waals surface area contributed by atoms with Crippen LogP contribution in [0.1, 0.15) is 6.92 Å². The zero-order chi connectivity index (χ0) is 6.69. The SMILES string of the molecule is C=CN1C=C(C)C=CO1. The predicted octanol–water partition coefficient (Wildman–Crippen LogP) is 1.79. The lowest BCUT2D eigenvalue weighted by Gasteiger charge is -2.16. The molecule has 2 nitrogen and oxygen atoms in total. The highest BCUT2D eigenvalue weighted by Crippen LogP contribution is 2.06. The van der Waals surface area contributed by atoms with Crippen LogP contribution in [0.3, 0.4) is 0 Å². The summed E-state index contributed by atoms with van der Waals surface area (Å²) in [6.45, 7) is 5.54. The fraction of sp³-hybridized carbons (Fsp3) is 0.143. The van der Waals surface area contributed by atoms with Gasteiger partial charge in [0.2, 0.25) is 0 Å². The van der Waals surface area contributed by atoms with E-state index in [0.29, 0.717) is 0 Å². The molecule has 0 atom stereocenters. The summed E-state index contributed by atoms with van der Waals surface area (Å²) < 4.78 is 0. The third kappa shape index (κ3) is 1.35. The molecular weight excluding hydrogens is 114 g/mol. The third-order valence-corrected chi connectivity index (χ3v) is 1.02. The fourth-order valence-electron chi connectivity index (χ4n) is 0.578. The Balaban J connectivity index is 2.65. The van der Waals surface area contributed by atoms with Gasteiger partial charge in [-0.05, 0) is 18.6 Å². The highest BCUT2D eigenvalue weighted by Gasteiger charge is 1.96. The zero-order valence-corrected chi connectivity index (χ0v) is 5.37. The van der Waals surface area contributed by atoms with Gasteiger partial charge in [-0.3, -0.25) is 0 Å². The van der Waals surface area contributed by atoms with Crippen molar-refractivity contribution in [3.63, 3.8) is 0 Å². The molecule has 0 aromatic rings. The Morgan fingerprint density at radius 1 is 1.78 bits per heavy atom. The second kappa shape index (κ2) is 2.40. The van der Waals surface area contributed by atoms with Crippen molar-refractivity contribution < 1.29 is 4.84 Å². The molecule has 0 N–H and O–H groups in total. The van der Waals surface area contributed by atoms with Crippen LogP contribution < -0.4 is 0 Å². The largest absolute Gasteiger partial charge is 0.384 e. The average molecular weight is 123 g/mol. The van der Waals surface area contributed by atoms with Gasteiger partial charge in [-0.1, -0.05) is 6.58 Å². The number of hydroxylamine groups is 2. The van der Waals surface area contributed by atoms with Crippen LogP contribution in [0.15, 0.2) is 36.9 Å². The standard InChI is InChI=1S/C7H9NO/c1-3-8-6-7(2)4-5-9-8/h3-6H,1H2,2H3. The fourth-order valence-corrected chi connectivity index (χ4v) is 0.578. The van der Waals surface area contributed by atoms with Crippen molar-refractivity contribution in [1.29, 1.82) is 0 Å². The lowest BCUT2D eigenvalue weighted by atomic mass is 10.3. The topological polar surface area (TPSA) is 12.5 Å². The van der Waals surface area contributed by atoms with Crippen molar-refractivity contribution >= 4 is 0 Å². The summed E-state index contributed by atoms with van der Waals surface area (Å²) in [5, 5.41) is 1.55. The highest BCUT2D eigenvalue weighted by molar-refractivity contribution is 5.15. The maximum atomic E-state index is 4.96. The molecular formula is C7H9NO. The molecule has 0 saturated heterocycles. The summed E-state index contributed by atoms with van der Waals surface area (Å²) in [5.41, 5.74) is 1.15. The van der Waals surface area contributed by atoms with Gasteiger partial charge in [0, 0.05) is 12.4 Å². The summed E-state index contributed by atoms with van der Waals surface area (Å²) in [6, 6.07) is 0. The smallest absolute Gasteiger partial charge is 0.120 e. The summed E-state index contributed by atoms with van der Waals surface area (Å²) >= 11 is 0. The van der Waals surface area contributed by atoms with E-state index in [1.165, 1.54) is 0 Å². The van der Waals surface area contributed by atoms with Crippen LogP contribution in [0, 0.1) is 0 Å². The Labute approximate surface area is 54.7 Å². The Morgan fingerprint density at radius 2 is 2.56 bits per heavy atom. The normalized spacial score (nSPS) is 16.6. The number of hydrogen-bond acceptors (Lipinski definition) is 2. The van der Waals surface area contributed by atoms with E-state index < -0.39 is 0 Å². The minimum Gasteiger partial charge on any atom is -0.384 e. The van der Waals surface area contributed by atoms with Crippen LogP contribution >= 0.6 is 0 Å².